The summed E-state index contributed by atoms with van der Waals surface area (Å²) in [6, 6.07) is 15.9. The van der Waals surface area contributed by atoms with Gasteiger partial charge in [-0.25, -0.2) is 13.4 Å². The standard InChI is InChI=1S/C21H17N3O3S3/c1-14-23-18-7-6-16(13-20(18)28-14)30(26,27)24-10-11-29(25)21-8-5-15(12-19(21)24)17-4-2-3-9-22-17/h2-9,12-13H,10-11H2,1H3. The van der Waals surface area contributed by atoms with E-state index in [0.29, 0.717) is 10.6 Å². The SMILES string of the molecule is Cc1nc2ccc(S(=O)(=O)N3CCS(=O)c4ccc(-c5ccccn5)cc43)cc2s1. The van der Waals surface area contributed by atoms with Crippen LogP contribution in [0.2, 0.25) is 0 Å². The van der Waals surface area contributed by atoms with E-state index in [-0.39, 0.29) is 17.2 Å². The highest BCUT2D eigenvalue weighted by Gasteiger charge is 2.32. The number of hydrogen-bond donors (Lipinski definition) is 0. The lowest BCUT2D eigenvalue weighted by molar-refractivity contribution is 0.591. The van der Waals surface area contributed by atoms with Crippen molar-refractivity contribution in [2.45, 2.75) is 16.7 Å². The average molecular weight is 456 g/mol. The molecule has 30 heavy (non-hydrogen) atoms. The molecule has 6 nitrogen and oxygen atoms in total. The van der Waals surface area contributed by atoms with Crippen LogP contribution in [-0.4, -0.2) is 34.9 Å². The number of pyridine rings is 1. The third kappa shape index (κ3) is 3.23. The van der Waals surface area contributed by atoms with Crippen LogP contribution in [0.5, 0.6) is 0 Å². The Morgan fingerprint density at radius 1 is 1.10 bits per heavy atom. The number of hydrogen-bond acceptors (Lipinski definition) is 6. The first-order valence-electron chi connectivity index (χ1n) is 9.27. The van der Waals surface area contributed by atoms with Crippen molar-refractivity contribution in [1.82, 2.24) is 9.97 Å². The molecule has 0 N–H and O–H groups in total. The second-order valence-corrected chi connectivity index (χ2v) is 11.5. The van der Waals surface area contributed by atoms with Crippen LogP contribution in [0.3, 0.4) is 0 Å². The molecule has 4 aromatic rings. The smallest absolute Gasteiger partial charge is 0.264 e. The third-order valence-corrected chi connectivity index (χ3v) is 9.10. The van der Waals surface area contributed by atoms with Gasteiger partial charge in [0.25, 0.3) is 10.0 Å². The summed E-state index contributed by atoms with van der Waals surface area (Å²) in [5.74, 6) is 0.261. The van der Waals surface area contributed by atoms with Crippen LogP contribution in [0.1, 0.15) is 5.01 Å². The molecule has 1 atom stereocenters. The normalized spacial score (nSPS) is 16.6. The zero-order chi connectivity index (χ0) is 20.9. The van der Waals surface area contributed by atoms with Crippen molar-refractivity contribution in [2.75, 3.05) is 16.6 Å². The lowest BCUT2D eigenvalue weighted by atomic mass is 10.1. The number of benzene rings is 2. The van der Waals surface area contributed by atoms with Gasteiger partial charge in [0.15, 0.2) is 0 Å². The van der Waals surface area contributed by atoms with Gasteiger partial charge < -0.3 is 0 Å². The fraction of sp³-hybridized carbons (Fsp3) is 0.143. The zero-order valence-corrected chi connectivity index (χ0v) is 18.4. The maximum Gasteiger partial charge on any atom is 0.264 e. The number of anilines is 1. The van der Waals surface area contributed by atoms with Crippen molar-refractivity contribution in [1.29, 1.82) is 0 Å². The number of nitrogens with zero attached hydrogens (tertiary/aromatic N) is 3. The van der Waals surface area contributed by atoms with Crippen LogP contribution in [0, 0.1) is 6.92 Å². The molecular weight excluding hydrogens is 438 g/mol. The van der Waals surface area contributed by atoms with Crippen LogP contribution in [0.25, 0.3) is 21.5 Å². The summed E-state index contributed by atoms with van der Waals surface area (Å²) in [5.41, 5.74) is 2.75. The van der Waals surface area contributed by atoms with Crippen molar-refractivity contribution >= 4 is 48.1 Å². The Morgan fingerprint density at radius 2 is 1.97 bits per heavy atom. The molecule has 152 valence electrons. The fourth-order valence-electron chi connectivity index (χ4n) is 3.55. The summed E-state index contributed by atoms with van der Waals surface area (Å²) < 4.78 is 41.9. The largest absolute Gasteiger partial charge is 0.264 e. The van der Waals surface area contributed by atoms with Crippen LogP contribution in [0.15, 0.2) is 70.6 Å². The van der Waals surface area contributed by atoms with Crippen LogP contribution in [0.4, 0.5) is 5.69 Å². The second-order valence-electron chi connectivity index (χ2n) is 6.89. The summed E-state index contributed by atoms with van der Waals surface area (Å²) in [5, 5.41) is 0.887. The van der Waals surface area contributed by atoms with E-state index in [9.17, 15) is 12.6 Å². The number of rotatable bonds is 3. The monoisotopic (exact) mass is 455 g/mol. The van der Waals surface area contributed by atoms with E-state index in [1.54, 1.807) is 36.5 Å². The predicted octanol–water partition coefficient (Wildman–Crippen LogP) is 3.98. The molecule has 0 spiro atoms. The van der Waals surface area contributed by atoms with Gasteiger partial charge in [-0.05, 0) is 49.4 Å². The first-order chi connectivity index (χ1) is 14.4. The van der Waals surface area contributed by atoms with Crippen LogP contribution in [-0.2, 0) is 20.8 Å². The molecule has 2 aromatic heterocycles. The molecule has 0 amide bonds. The zero-order valence-electron chi connectivity index (χ0n) is 16.0. The summed E-state index contributed by atoms with van der Waals surface area (Å²) in [6.07, 6.45) is 1.69. The van der Waals surface area contributed by atoms with Crippen molar-refractivity contribution in [3.8, 4) is 11.3 Å². The number of aryl methyl sites for hydroxylation is 1. The third-order valence-electron chi connectivity index (χ3n) is 4.97. The van der Waals surface area contributed by atoms with E-state index < -0.39 is 20.8 Å². The van der Waals surface area contributed by atoms with Gasteiger partial charge in [0.1, 0.15) is 0 Å². The van der Waals surface area contributed by atoms with E-state index in [4.69, 9.17) is 0 Å². The van der Waals surface area contributed by atoms with Crippen LogP contribution < -0.4 is 4.31 Å². The minimum Gasteiger partial charge on any atom is -0.264 e. The molecule has 0 fully saturated rings. The predicted molar refractivity (Wildman–Crippen MR) is 120 cm³/mol. The van der Waals surface area contributed by atoms with Crippen molar-refractivity contribution < 1.29 is 12.6 Å². The van der Waals surface area contributed by atoms with Gasteiger partial charge in [0.2, 0.25) is 0 Å². The van der Waals surface area contributed by atoms with Gasteiger partial charge in [-0.1, -0.05) is 12.1 Å². The molecule has 0 saturated carbocycles. The number of sulfonamides is 1. The molecule has 5 rings (SSSR count). The Hall–Kier alpha value is -2.62. The molecule has 0 bridgehead atoms. The van der Waals surface area contributed by atoms with Gasteiger partial charge >= 0.3 is 0 Å². The highest BCUT2D eigenvalue weighted by Crippen LogP contribution is 2.36. The summed E-state index contributed by atoms with van der Waals surface area (Å²) >= 11 is 1.46. The quantitative estimate of drug-likeness (QED) is 0.467. The lowest BCUT2D eigenvalue weighted by Gasteiger charge is -2.30. The van der Waals surface area contributed by atoms with Crippen LogP contribution >= 0.6 is 11.3 Å². The number of thiazole rings is 1. The molecule has 1 unspecified atom stereocenters. The Kier molecular flexibility index (Phi) is 4.68. The second kappa shape index (κ2) is 7.26. The molecule has 1 aliphatic heterocycles. The number of fused-ring (bicyclic) bond motifs is 2. The molecule has 9 heteroatoms. The Morgan fingerprint density at radius 3 is 2.77 bits per heavy atom. The van der Waals surface area contributed by atoms with E-state index in [1.165, 1.54) is 15.6 Å². The summed E-state index contributed by atoms with van der Waals surface area (Å²) in [7, 11) is -5.07. The van der Waals surface area contributed by atoms with Gasteiger partial charge in [0, 0.05) is 24.1 Å². The molecule has 2 aromatic carbocycles. The maximum atomic E-state index is 13.6. The van der Waals surface area contributed by atoms with Gasteiger partial charge in [-0.3, -0.25) is 13.5 Å². The summed E-state index contributed by atoms with van der Waals surface area (Å²) in [6.45, 7) is 2.06. The maximum absolute atomic E-state index is 13.6. The van der Waals surface area contributed by atoms with E-state index >= 15 is 0 Å². The molecular formula is C21H17N3O3S3. The minimum absolute atomic E-state index is 0.160. The van der Waals surface area contributed by atoms with Crippen molar-refractivity contribution in [3.63, 3.8) is 0 Å². The van der Waals surface area contributed by atoms with Crippen molar-refractivity contribution in [2.24, 2.45) is 0 Å². The molecule has 1 aliphatic rings. The van der Waals surface area contributed by atoms with Gasteiger partial charge in [0.05, 0.1) is 47.2 Å². The van der Waals surface area contributed by atoms with E-state index in [2.05, 4.69) is 9.97 Å². The van der Waals surface area contributed by atoms with Crippen molar-refractivity contribution in [3.05, 3.63) is 65.8 Å². The Labute approximate surface area is 180 Å². The van der Waals surface area contributed by atoms with Gasteiger partial charge in [-0.2, -0.15) is 0 Å². The topological polar surface area (TPSA) is 80.2 Å². The average Bonchev–Trinajstić information content (AvgIpc) is 3.13. The fourth-order valence-corrected chi connectivity index (χ4v) is 7.36. The summed E-state index contributed by atoms with van der Waals surface area (Å²) in [4.78, 5) is 9.49. The lowest BCUT2D eigenvalue weighted by Crippen LogP contribution is -2.38. The Balaban J connectivity index is 1.64. The molecule has 0 aliphatic carbocycles. The molecule has 0 saturated heterocycles. The first-order valence-corrected chi connectivity index (χ1v) is 12.8. The molecule has 0 radical (unpaired) electrons. The first kappa shape index (κ1) is 19.3. The van der Waals surface area contributed by atoms with E-state index in [0.717, 1.165) is 26.5 Å². The van der Waals surface area contributed by atoms with E-state index in [1.807, 2.05) is 31.2 Å². The van der Waals surface area contributed by atoms with Gasteiger partial charge in [-0.15, -0.1) is 11.3 Å². The number of aromatic nitrogens is 2. The Bertz CT molecular complexity index is 1400. The minimum atomic E-state index is -3.82. The highest BCUT2D eigenvalue weighted by atomic mass is 32.2. The molecule has 3 heterocycles. The highest BCUT2D eigenvalue weighted by molar-refractivity contribution is 7.93.